The van der Waals surface area contributed by atoms with Gasteiger partial charge in [-0.1, -0.05) is 30.3 Å². The summed E-state index contributed by atoms with van der Waals surface area (Å²) in [6.45, 7) is 0. The number of amides is 2. The van der Waals surface area contributed by atoms with Crippen LogP contribution in [0.5, 0.6) is 0 Å². The first-order valence-corrected chi connectivity index (χ1v) is 6.04. The highest BCUT2D eigenvalue weighted by Gasteiger charge is 2.24. The second-order valence-electron chi connectivity index (χ2n) is 4.29. The Bertz CT molecular complexity index is 490. The number of nitrogens with one attached hydrogen (secondary N) is 1. The van der Waals surface area contributed by atoms with E-state index in [4.69, 9.17) is 16.6 Å². The Balaban J connectivity index is 2.66. The number of benzene rings is 1. The molecule has 0 aliphatic heterocycles. The Morgan fingerprint density at radius 3 is 2.30 bits per heavy atom. The van der Waals surface area contributed by atoms with E-state index >= 15 is 0 Å². The predicted octanol–water partition coefficient (Wildman–Crippen LogP) is -0.479. The molecule has 0 aromatic heterocycles. The number of carbonyl (C=O) groups excluding carboxylic acids is 2. The molecule has 0 aliphatic rings. The van der Waals surface area contributed by atoms with Gasteiger partial charge in [0.05, 0.1) is 0 Å². The third-order valence-corrected chi connectivity index (χ3v) is 2.74. The maximum atomic E-state index is 11.9. The van der Waals surface area contributed by atoms with Crippen molar-refractivity contribution in [2.24, 2.45) is 11.5 Å². The number of hydrogen-bond acceptors (Lipinski definition) is 4. The molecule has 0 saturated carbocycles. The van der Waals surface area contributed by atoms with Crippen LogP contribution in [0.1, 0.15) is 24.4 Å². The van der Waals surface area contributed by atoms with Crippen molar-refractivity contribution in [3.05, 3.63) is 35.9 Å². The molecule has 0 radical (unpaired) electrons. The lowest BCUT2D eigenvalue weighted by atomic mass is 10.1. The fourth-order valence-electron chi connectivity index (χ4n) is 1.62. The quantitative estimate of drug-likeness (QED) is 0.534. The van der Waals surface area contributed by atoms with Crippen molar-refractivity contribution in [2.45, 2.75) is 24.9 Å². The zero-order valence-electron chi connectivity index (χ0n) is 10.8. The van der Waals surface area contributed by atoms with Gasteiger partial charge in [0.15, 0.2) is 0 Å². The van der Waals surface area contributed by atoms with E-state index in [1.54, 1.807) is 30.3 Å². The summed E-state index contributed by atoms with van der Waals surface area (Å²) in [6, 6.07) is 6.42. The normalized spacial score (nSPS) is 13.2. The van der Waals surface area contributed by atoms with Crippen molar-refractivity contribution in [1.82, 2.24) is 5.32 Å². The Morgan fingerprint density at radius 2 is 1.80 bits per heavy atom. The first-order chi connectivity index (χ1) is 9.41. The zero-order chi connectivity index (χ0) is 15.1. The van der Waals surface area contributed by atoms with Crippen molar-refractivity contribution < 1.29 is 19.5 Å². The molecule has 0 heterocycles. The molecule has 0 aliphatic carbocycles. The number of nitrogens with two attached hydrogens (primary N) is 2. The lowest BCUT2D eigenvalue weighted by molar-refractivity contribution is -0.142. The predicted molar refractivity (Wildman–Crippen MR) is 71.4 cm³/mol. The topological polar surface area (TPSA) is 136 Å². The van der Waals surface area contributed by atoms with Gasteiger partial charge >= 0.3 is 5.97 Å². The zero-order valence-corrected chi connectivity index (χ0v) is 10.8. The van der Waals surface area contributed by atoms with Crippen molar-refractivity contribution in [2.75, 3.05) is 0 Å². The van der Waals surface area contributed by atoms with E-state index in [0.717, 1.165) is 0 Å². The molecule has 20 heavy (non-hydrogen) atoms. The number of carbonyl (C=O) groups is 3. The van der Waals surface area contributed by atoms with Gasteiger partial charge in [0.1, 0.15) is 12.1 Å². The first-order valence-electron chi connectivity index (χ1n) is 6.04. The largest absolute Gasteiger partial charge is 0.480 e. The standard InChI is InChI=1S/C13H17N3O4/c14-10(17)7-6-9(13(19)20)16-12(18)11(15)8-4-2-1-3-5-8/h1-5,9,11H,6-7,15H2,(H2,14,17)(H,16,18)(H,19,20)/t9-,11+/m1/s1. The third-order valence-electron chi connectivity index (χ3n) is 2.74. The molecule has 0 spiro atoms. The molecule has 1 rings (SSSR count). The fourth-order valence-corrected chi connectivity index (χ4v) is 1.62. The summed E-state index contributed by atoms with van der Waals surface area (Å²) < 4.78 is 0. The van der Waals surface area contributed by atoms with Crippen LogP contribution in [0, 0.1) is 0 Å². The van der Waals surface area contributed by atoms with Gasteiger partial charge in [-0.15, -0.1) is 0 Å². The Labute approximate surface area is 115 Å². The number of primary amides is 1. The Hall–Kier alpha value is -2.41. The highest BCUT2D eigenvalue weighted by atomic mass is 16.4. The fraction of sp³-hybridized carbons (Fsp3) is 0.308. The van der Waals surface area contributed by atoms with Gasteiger partial charge in [0.2, 0.25) is 11.8 Å². The molecule has 0 bridgehead atoms. The van der Waals surface area contributed by atoms with Crippen LogP contribution in [-0.4, -0.2) is 28.9 Å². The smallest absolute Gasteiger partial charge is 0.326 e. The monoisotopic (exact) mass is 279 g/mol. The van der Waals surface area contributed by atoms with E-state index in [0.29, 0.717) is 5.56 Å². The first kappa shape index (κ1) is 15.6. The van der Waals surface area contributed by atoms with E-state index in [-0.39, 0.29) is 12.8 Å². The maximum Gasteiger partial charge on any atom is 0.326 e. The summed E-state index contributed by atoms with van der Waals surface area (Å²) in [7, 11) is 0. The average molecular weight is 279 g/mol. The number of hydrogen-bond donors (Lipinski definition) is 4. The molecule has 6 N–H and O–H groups in total. The SMILES string of the molecule is NC(=O)CC[C@@H](NC(=O)[C@@H](N)c1ccccc1)C(=O)O. The van der Waals surface area contributed by atoms with Crippen LogP contribution in [0.2, 0.25) is 0 Å². The van der Waals surface area contributed by atoms with Crippen LogP contribution < -0.4 is 16.8 Å². The number of carboxylic acids is 1. The van der Waals surface area contributed by atoms with Gasteiger partial charge in [-0.3, -0.25) is 9.59 Å². The summed E-state index contributed by atoms with van der Waals surface area (Å²) in [6.07, 6.45) is -0.199. The second kappa shape index (κ2) is 7.25. The maximum absolute atomic E-state index is 11.9. The molecule has 0 unspecified atom stereocenters. The highest BCUT2D eigenvalue weighted by Crippen LogP contribution is 2.10. The minimum atomic E-state index is -1.24. The summed E-state index contributed by atoms with van der Waals surface area (Å²) >= 11 is 0. The van der Waals surface area contributed by atoms with E-state index in [9.17, 15) is 14.4 Å². The molecule has 108 valence electrons. The Kier molecular flexibility index (Phi) is 5.67. The van der Waals surface area contributed by atoms with Crippen LogP contribution in [0.4, 0.5) is 0 Å². The number of rotatable bonds is 7. The second-order valence-corrected chi connectivity index (χ2v) is 4.29. The third kappa shape index (κ3) is 4.69. The molecule has 1 aromatic rings. The molecule has 0 fully saturated rings. The summed E-state index contributed by atoms with van der Waals surface area (Å²) in [5.41, 5.74) is 11.3. The van der Waals surface area contributed by atoms with Crippen molar-refractivity contribution in [1.29, 1.82) is 0 Å². The number of carboxylic acid groups (broad SMARTS) is 1. The van der Waals surface area contributed by atoms with Crippen LogP contribution in [0.25, 0.3) is 0 Å². The van der Waals surface area contributed by atoms with Gasteiger partial charge < -0.3 is 21.9 Å². The lowest BCUT2D eigenvalue weighted by Gasteiger charge is -2.17. The van der Waals surface area contributed by atoms with E-state index < -0.39 is 29.9 Å². The van der Waals surface area contributed by atoms with Gasteiger partial charge in [-0.25, -0.2) is 4.79 Å². The molecule has 2 atom stereocenters. The lowest BCUT2D eigenvalue weighted by Crippen LogP contribution is -2.45. The highest BCUT2D eigenvalue weighted by molar-refractivity contribution is 5.88. The number of aliphatic carboxylic acids is 1. The van der Waals surface area contributed by atoms with Crippen LogP contribution in [0.15, 0.2) is 30.3 Å². The minimum Gasteiger partial charge on any atom is -0.480 e. The molecule has 2 amide bonds. The van der Waals surface area contributed by atoms with Gasteiger partial charge in [0.25, 0.3) is 0 Å². The van der Waals surface area contributed by atoms with Crippen molar-refractivity contribution in [3.8, 4) is 0 Å². The summed E-state index contributed by atoms with van der Waals surface area (Å²) in [5.74, 6) is -2.48. The van der Waals surface area contributed by atoms with Crippen molar-refractivity contribution >= 4 is 17.8 Å². The molecule has 7 nitrogen and oxygen atoms in total. The Morgan fingerprint density at radius 1 is 1.20 bits per heavy atom. The average Bonchev–Trinajstić information content (AvgIpc) is 2.42. The molecule has 0 saturated heterocycles. The molecule has 7 heteroatoms. The van der Waals surface area contributed by atoms with Crippen molar-refractivity contribution in [3.63, 3.8) is 0 Å². The van der Waals surface area contributed by atoms with E-state index in [1.165, 1.54) is 0 Å². The van der Waals surface area contributed by atoms with Gasteiger partial charge in [0, 0.05) is 6.42 Å². The molecule has 1 aromatic carbocycles. The van der Waals surface area contributed by atoms with E-state index in [1.807, 2.05) is 0 Å². The van der Waals surface area contributed by atoms with Gasteiger partial charge in [-0.05, 0) is 12.0 Å². The van der Waals surface area contributed by atoms with Gasteiger partial charge in [-0.2, -0.15) is 0 Å². The minimum absolute atomic E-state index is 0.0715. The molecular weight excluding hydrogens is 262 g/mol. The van der Waals surface area contributed by atoms with Crippen LogP contribution >= 0.6 is 0 Å². The summed E-state index contributed by atoms with van der Waals surface area (Å²) in [5, 5.41) is 11.3. The van der Waals surface area contributed by atoms with E-state index in [2.05, 4.69) is 5.32 Å². The van der Waals surface area contributed by atoms with Crippen LogP contribution in [-0.2, 0) is 14.4 Å². The summed E-state index contributed by atoms with van der Waals surface area (Å²) in [4.78, 5) is 33.5. The van der Waals surface area contributed by atoms with Crippen LogP contribution in [0.3, 0.4) is 0 Å². The molecular formula is C13H17N3O4.